The number of para-hydroxylation sites is 1. The first-order valence-electron chi connectivity index (χ1n) is 15.2. The fraction of sp³-hybridized carbons (Fsp3) is 0.0789. The van der Waals surface area contributed by atoms with Gasteiger partial charge < -0.3 is 4.74 Å². The van der Waals surface area contributed by atoms with Crippen LogP contribution in [0.3, 0.4) is 0 Å². The number of hydrogen-bond donors (Lipinski definition) is 0. The Morgan fingerprint density at radius 1 is 0.702 bits per heavy atom. The van der Waals surface area contributed by atoms with Crippen LogP contribution < -0.4 is 4.74 Å². The molecule has 0 spiro atoms. The summed E-state index contributed by atoms with van der Waals surface area (Å²) in [7, 11) is 0. The van der Waals surface area contributed by atoms with Gasteiger partial charge in [-0.05, 0) is 79.9 Å². The third kappa shape index (κ3) is 4.89. The quantitative estimate of drug-likeness (QED) is 0.188. The lowest BCUT2D eigenvalue weighted by Crippen LogP contribution is -2.06. The van der Waals surface area contributed by atoms with E-state index in [1.54, 1.807) is 21.9 Å². The Labute approximate surface area is 270 Å². The Kier molecular flexibility index (Phi) is 6.62. The molecule has 0 bridgehead atoms. The van der Waals surface area contributed by atoms with Crippen LogP contribution in [0.25, 0.3) is 50.3 Å². The van der Waals surface area contributed by atoms with Gasteiger partial charge in [-0.1, -0.05) is 48.0 Å². The molecule has 0 atom stereocenters. The molecule has 0 amide bonds. The second-order valence-electron chi connectivity index (χ2n) is 11.6. The van der Waals surface area contributed by atoms with Crippen molar-refractivity contribution in [2.75, 3.05) is 0 Å². The number of benzene rings is 4. The van der Waals surface area contributed by atoms with Crippen molar-refractivity contribution in [1.82, 2.24) is 34.1 Å². The molecule has 4 aromatic carbocycles. The first-order chi connectivity index (χ1) is 23.0. The molecular weight excluding hydrogens is 584 g/mol. The van der Waals surface area contributed by atoms with Crippen LogP contribution in [0.4, 0.5) is 0 Å². The Morgan fingerprint density at radius 2 is 1.49 bits per heavy atom. The number of hydrogen-bond acceptors (Lipinski definition) is 6. The topological polar surface area (TPSA) is 99.4 Å². The maximum absolute atomic E-state index is 10.2. The Balaban J connectivity index is 1.26. The van der Waals surface area contributed by atoms with Crippen LogP contribution in [0, 0.1) is 32.1 Å². The minimum atomic E-state index is 0.296. The second kappa shape index (κ2) is 11.1. The van der Waals surface area contributed by atoms with Crippen molar-refractivity contribution in [1.29, 1.82) is 5.26 Å². The van der Waals surface area contributed by atoms with Crippen LogP contribution in [0.1, 0.15) is 22.4 Å². The number of ether oxygens (including phenoxy) is 1. The average molecular weight is 613 g/mol. The van der Waals surface area contributed by atoms with Crippen molar-refractivity contribution in [3.63, 3.8) is 0 Å². The molecule has 0 N–H and O–H groups in total. The highest BCUT2D eigenvalue weighted by atomic mass is 16.5. The molecule has 47 heavy (non-hydrogen) atoms. The molecule has 0 aliphatic heterocycles. The van der Waals surface area contributed by atoms with Gasteiger partial charge in [-0.2, -0.15) is 10.4 Å². The van der Waals surface area contributed by atoms with E-state index in [-0.39, 0.29) is 0 Å². The number of nitrogens with zero attached hydrogens (tertiary/aromatic N) is 8. The minimum absolute atomic E-state index is 0.296. The van der Waals surface area contributed by atoms with Gasteiger partial charge in [0.2, 0.25) is 0 Å². The number of aromatic nitrogens is 7. The molecule has 0 unspecified atom stereocenters. The first kappa shape index (κ1) is 28.0. The van der Waals surface area contributed by atoms with Crippen LogP contribution in [-0.2, 0) is 0 Å². The zero-order chi connectivity index (χ0) is 32.1. The van der Waals surface area contributed by atoms with E-state index in [9.17, 15) is 5.26 Å². The second-order valence-corrected chi connectivity index (χ2v) is 11.6. The molecular formula is C38H28N8O. The van der Waals surface area contributed by atoms with E-state index in [0.717, 1.165) is 55.6 Å². The maximum Gasteiger partial charge on any atom is 0.173 e. The predicted molar refractivity (Wildman–Crippen MR) is 181 cm³/mol. The summed E-state index contributed by atoms with van der Waals surface area (Å²) < 4.78 is 12.3. The number of nitriles is 1. The first-order valence-corrected chi connectivity index (χ1v) is 15.2. The standard InChI is InChI=1S/C38H28N8O/c1-24-8-10-27(11-9-24)37-33(21-39)43-46(38(37)44-22-41-42-23-44)28-16-26(3)17-30(19-28)47-29-12-13-32-31-6-4-5-7-34(31)45(35(32)20-29)36-18-25(2)14-15-40-36/h4-20,22-23H,1-3H3. The van der Waals surface area contributed by atoms with Crippen molar-refractivity contribution in [2.24, 2.45) is 0 Å². The van der Waals surface area contributed by atoms with E-state index in [0.29, 0.717) is 28.6 Å². The molecule has 0 aliphatic rings. The molecule has 8 aromatic rings. The summed E-state index contributed by atoms with van der Waals surface area (Å²) in [5.41, 5.74) is 7.90. The van der Waals surface area contributed by atoms with Crippen LogP contribution in [0.15, 0.2) is 116 Å². The fourth-order valence-electron chi connectivity index (χ4n) is 6.15. The molecule has 9 nitrogen and oxygen atoms in total. The highest BCUT2D eigenvalue weighted by Gasteiger charge is 2.23. The SMILES string of the molecule is Cc1ccc(-c2c(C#N)nn(-c3cc(C)cc(Oc4ccc5c6ccccc6n(-c6cc(C)ccn6)c5c4)c3)c2-n2cnnc2)cc1. The van der Waals surface area contributed by atoms with Gasteiger partial charge >= 0.3 is 0 Å². The highest BCUT2D eigenvalue weighted by molar-refractivity contribution is 6.09. The van der Waals surface area contributed by atoms with Gasteiger partial charge in [-0.15, -0.1) is 10.2 Å². The Hall–Kier alpha value is -6.53. The summed E-state index contributed by atoms with van der Waals surface area (Å²) in [5, 5.41) is 25.3. The molecule has 0 aliphatic carbocycles. The van der Waals surface area contributed by atoms with E-state index in [4.69, 9.17) is 14.8 Å². The molecule has 0 radical (unpaired) electrons. The Bertz CT molecular complexity index is 2480. The van der Waals surface area contributed by atoms with Gasteiger partial charge in [-0.3, -0.25) is 9.13 Å². The van der Waals surface area contributed by atoms with Crippen molar-refractivity contribution >= 4 is 21.8 Å². The molecule has 0 saturated heterocycles. The van der Waals surface area contributed by atoms with E-state index in [1.165, 1.54) is 0 Å². The number of fused-ring (bicyclic) bond motifs is 3. The summed E-state index contributed by atoms with van der Waals surface area (Å²) in [6, 6.07) is 34.8. The molecule has 8 rings (SSSR count). The van der Waals surface area contributed by atoms with Crippen LogP contribution >= 0.6 is 0 Å². The zero-order valence-corrected chi connectivity index (χ0v) is 26.0. The molecule has 4 heterocycles. The predicted octanol–water partition coefficient (Wildman–Crippen LogP) is 8.20. The third-order valence-corrected chi connectivity index (χ3v) is 8.26. The average Bonchev–Trinajstić information content (AvgIpc) is 3.81. The van der Waals surface area contributed by atoms with Crippen LogP contribution in [-0.4, -0.2) is 34.1 Å². The lowest BCUT2D eigenvalue weighted by molar-refractivity contribution is 0.482. The van der Waals surface area contributed by atoms with Crippen molar-refractivity contribution in [3.8, 4) is 46.0 Å². The van der Waals surface area contributed by atoms with Gasteiger partial charge in [-0.25, -0.2) is 9.67 Å². The summed E-state index contributed by atoms with van der Waals surface area (Å²) in [6.45, 7) is 6.11. The van der Waals surface area contributed by atoms with Gasteiger partial charge in [0.05, 0.1) is 22.3 Å². The molecule has 0 saturated carbocycles. The minimum Gasteiger partial charge on any atom is -0.457 e. The zero-order valence-electron chi connectivity index (χ0n) is 26.0. The van der Waals surface area contributed by atoms with Crippen LogP contribution in [0.2, 0.25) is 0 Å². The summed E-state index contributed by atoms with van der Waals surface area (Å²) >= 11 is 0. The van der Waals surface area contributed by atoms with Gasteiger partial charge in [0.1, 0.15) is 36.0 Å². The maximum atomic E-state index is 10.2. The largest absolute Gasteiger partial charge is 0.457 e. The van der Waals surface area contributed by atoms with Crippen molar-refractivity contribution in [2.45, 2.75) is 20.8 Å². The monoisotopic (exact) mass is 612 g/mol. The van der Waals surface area contributed by atoms with Gasteiger partial charge in [0.15, 0.2) is 11.5 Å². The lowest BCUT2D eigenvalue weighted by Gasteiger charge is -2.13. The van der Waals surface area contributed by atoms with E-state index in [2.05, 4.69) is 64.2 Å². The number of aryl methyl sites for hydroxylation is 3. The van der Waals surface area contributed by atoms with Crippen molar-refractivity contribution in [3.05, 3.63) is 138 Å². The van der Waals surface area contributed by atoms with Gasteiger partial charge in [0, 0.05) is 29.1 Å². The third-order valence-electron chi connectivity index (χ3n) is 8.26. The normalized spacial score (nSPS) is 11.3. The Morgan fingerprint density at radius 3 is 2.28 bits per heavy atom. The molecule has 0 fully saturated rings. The van der Waals surface area contributed by atoms with E-state index < -0.39 is 0 Å². The number of rotatable bonds is 6. The summed E-state index contributed by atoms with van der Waals surface area (Å²) in [4.78, 5) is 4.70. The smallest absolute Gasteiger partial charge is 0.173 e. The molecule has 9 heteroatoms. The van der Waals surface area contributed by atoms with E-state index >= 15 is 0 Å². The summed E-state index contributed by atoms with van der Waals surface area (Å²) in [5.74, 6) is 2.83. The van der Waals surface area contributed by atoms with Crippen LogP contribution in [0.5, 0.6) is 11.5 Å². The number of pyridine rings is 1. The van der Waals surface area contributed by atoms with Crippen molar-refractivity contribution < 1.29 is 4.74 Å². The van der Waals surface area contributed by atoms with E-state index in [1.807, 2.05) is 80.7 Å². The molecule has 4 aromatic heterocycles. The highest BCUT2D eigenvalue weighted by Crippen LogP contribution is 2.37. The van der Waals surface area contributed by atoms with Gasteiger partial charge in [0.25, 0.3) is 0 Å². The lowest BCUT2D eigenvalue weighted by atomic mass is 10.0. The summed E-state index contributed by atoms with van der Waals surface area (Å²) in [6.07, 6.45) is 5.05. The molecule has 226 valence electrons. The fourth-order valence-corrected chi connectivity index (χ4v) is 6.15.